The third-order valence-electron chi connectivity index (χ3n) is 2.27. The first kappa shape index (κ1) is 14.3. The highest BCUT2D eigenvalue weighted by molar-refractivity contribution is 6.32. The van der Waals surface area contributed by atoms with Gasteiger partial charge >= 0.3 is 0 Å². The van der Waals surface area contributed by atoms with E-state index in [1.165, 1.54) is 0 Å². The maximum absolute atomic E-state index is 6.15. The molecular weight excluding hydrogens is 238 g/mol. The molecule has 0 aliphatic rings. The predicted molar refractivity (Wildman–Crippen MR) is 70.6 cm³/mol. The molecule has 0 saturated carbocycles. The molecule has 3 nitrogen and oxygen atoms in total. The fourth-order valence-electron chi connectivity index (χ4n) is 1.46. The van der Waals surface area contributed by atoms with Crippen LogP contribution >= 0.6 is 11.6 Å². The zero-order chi connectivity index (χ0) is 12.8. The minimum Gasteiger partial charge on any atom is -0.489 e. The first-order valence-corrected chi connectivity index (χ1v) is 6.20. The normalized spacial score (nSPS) is 12.8. The molecule has 1 unspecified atom stereocenters. The minimum atomic E-state index is -0.0100. The zero-order valence-corrected chi connectivity index (χ0v) is 11.3. The number of hydrogen-bond donors (Lipinski definition) is 1. The Kier molecular flexibility index (Phi) is 5.75. The lowest BCUT2D eigenvalue weighted by Gasteiger charge is -2.16. The van der Waals surface area contributed by atoms with E-state index in [4.69, 9.17) is 26.8 Å². The largest absolute Gasteiger partial charge is 0.489 e. The van der Waals surface area contributed by atoms with E-state index in [0.717, 1.165) is 5.56 Å². The van der Waals surface area contributed by atoms with Crippen molar-refractivity contribution in [3.63, 3.8) is 0 Å². The number of rotatable bonds is 6. The number of benzene rings is 1. The predicted octanol–water partition coefficient (Wildman–Crippen LogP) is 3.16. The molecular formula is C13H20ClNO2. The Hall–Kier alpha value is -0.770. The average Bonchev–Trinajstić information content (AvgIpc) is 2.28. The van der Waals surface area contributed by atoms with Crippen molar-refractivity contribution < 1.29 is 9.47 Å². The fourth-order valence-corrected chi connectivity index (χ4v) is 1.69. The van der Waals surface area contributed by atoms with Gasteiger partial charge in [-0.25, -0.2) is 0 Å². The molecule has 96 valence electrons. The van der Waals surface area contributed by atoms with Crippen molar-refractivity contribution in [1.82, 2.24) is 0 Å². The van der Waals surface area contributed by atoms with Crippen molar-refractivity contribution in [3.8, 4) is 5.75 Å². The van der Waals surface area contributed by atoms with E-state index < -0.39 is 0 Å². The van der Waals surface area contributed by atoms with Gasteiger partial charge in [-0.3, -0.25) is 0 Å². The van der Waals surface area contributed by atoms with Gasteiger partial charge < -0.3 is 15.2 Å². The highest BCUT2D eigenvalue weighted by Crippen LogP contribution is 2.29. The summed E-state index contributed by atoms with van der Waals surface area (Å²) in [6, 6.07) is 5.71. The first-order valence-electron chi connectivity index (χ1n) is 5.82. The van der Waals surface area contributed by atoms with Gasteiger partial charge in [0.05, 0.1) is 23.8 Å². The molecule has 1 rings (SSSR count). The lowest BCUT2D eigenvalue weighted by atomic mass is 10.1. The van der Waals surface area contributed by atoms with Crippen LogP contribution in [-0.2, 0) is 4.74 Å². The van der Waals surface area contributed by atoms with Gasteiger partial charge in [-0.2, -0.15) is 0 Å². The van der Waals surface area contributed by atoms with Crippen molar-refractivity contribution in [3.05, 3.63) is 28.8 Å². The van der Waals surface area contributed by atoms with Crippen molar-refractivity contribution in [1.29, 1.82) is 0 Å². The molecule has 1 aromatic rings. The molecule has 2 N–H and O–H groups in total. The van der Waals surface area contributed by atoms with Gasteiger partial charge in [0.1, 0.15) is 5.75 Å². The van der Waals surface area contributed by atoms with Crippen molar-refractivity contribution in [2.24, 2.45) is 5.73 Å². The molecule has 0 spiro atoms. The van der Waals surface area contributed by atoms with E-state index in [-0.39, 0.29) is 12.2 Å². The summed E-state index contributed by atoms with van der Waals surface area (Å²) < 4.78 is 11.1. The average molecular weight is 258 g/mol. The van der Waals surface area contributed by atoms with Crippen LogP contribution in [0.25, 0.3) is 0 Å². The first-order chi connectivity index (χ1) is 8.04. The van der Waals surface area contributed by atoms with E-state index in [1.807, 2.05) is 39.0 Å². The van der Waals surface area contributed by atoms with E-state index in [9.17, 15) is 0 Å². The van der Waals surface area contributed by atoms with Crippen LogP contribution in [-0.4, -0.2) is 19.3 Å². The summed E-state index contributed by atoms with van der Waals surface area (Å²) in [5.74, 6) is 0.705. The summed E-state index contributed by atoms with van der Waals surface area (Å²) >= 11 is 6.15. The SMILES string of the molecule is CC(C)Oc1ccc(C(C)OCCN)cc1Cl. The van der Waals surface area contributed by atoms with Gasteiger partial charge in [-0.15, -0.1) is 0 Å². The van der Waals surface area contributed by atoms with Crippen molar-refractivity contribution >= 4 is 11.6 Å². The van der Waals surface area contributed by atoms with Crippen LogP contribution in [0.5, 0.6) is 5.75 Å². The standard InChI is InChI=1S/C13H20ClNO2/c1-9(2)17-13-5-4-11(8-12(13)14)10(3)16-7-6-15/h4-5,8-10H,6-7,15H2,1-3H3. The molecule has 0 radical (unpaired) electrons. The van der Waals surface area contributed by atoms with Crippen LogP contribution in [0, 0.1) is 0 Å². The Morgan fingerprint density at radius 2 is 2.00 bits per heavy atom. The Labute approximate surface area is 108 Å². The molecule has 0 aliphatic heterocycles. The van der Waals surface area contributed by atoms with Gasteiger partial charge in [0, 0.05) is 6.54 Å². The van der Waals surface area contributed by atoms with Crippen molar-refractivity contribution in [2.45, 2.75) is 33.0 Å². The second-order valence-corrected chi connectivity index (χ2v) is 4.57. The Bertz CT molecular complexity index is 355. The summed E-state index contributed by atoms with van der Waals surface area (Å²) in [5, 5.41) is 0.611. The van der Waals surface area contributed by atoms with E-state index >= 15 is 0 Å². The van der Waals surface area contributed by atoms with Crippen LogP contribution in [0.15, 0.2) is 18.2 Å². The molecule has 1 atom stereocenters. The summed E-state index contributed by atoms with van der Waals surface area (Å²) in [4.78, 5) is 0. The van der Waals surface area contributed by atoms with Gasteiger partial charge in [0.2, 0.25) is 0 Å². The van der Waals surface area contributed by atoms with Gasteiger partial charge in [0.25, 0.3) is 0 Å². The Morgan fingerprint density at radius 3 is 2.53 bits per heavy atom. The third kappa shape index (κ3) is 4.54. The van der Waals surface area contributed by atoms with Gasteiger partial charge in [0.15, 0.2) is 0 Å². The second kappa shape index (κ2) is 6.84. The van der Waals surface area contributed by atoms with Crippen LogP contribution in [0.4, 0.5) is 0 Å². The summed E-state index contributed by atoms with van der Waals surface area (Å²) in [5.41, 5.74) is 6.42. The van der Waals surface area contributed by atoms with E-state index in [1.54, 1.807) is 0 Å². The van der Waals surface area contributed by atoms with Crippen LogP contribution in [0.3, 0.4) is 0 Å². The molecule has 17 heavy (non-hydrogen) atoms. The smallest absolute Gasteiger partial charge is 0.138 e. The molecule has 0 bridgehead atoms. The topological polar surface area (TPSA) is 44.5 Å². The summed E-state index contributed by atoms with van der Waals surface area (Å²) in [7, 11) is 0. The Morgan fingerprint density at radius 1 is 1.29 bits per heavy atom. The molecule has 4 heteroatoms. The minimum absolute atomic E-state index is 0.0100. The number of nitrogens with two attached hydrogens (primary N) is 1. The highest BCUT2D eigenvalue weighted by atomic mass is 35.5. The summed E-state index contributed by atoms with van der Waals surface area (Å²) in [6.45, 7) is 6.98. The molecule has 0 heterocycles. The molecule has 0 aliphatic carbocycles. The van der Waals surface area contributed by atoms with Gasteiger partial charge in [-0.05, 0) is 38.5 Å². The van der Waals surface area contributed by atoms with Crippen LogP contribution in [0.1, 0.15) is 32.4 Å². The quantitative estimate of drug-likeness (QED) is 0.851. The zero-order valence-electron chi connectivity index (χ0n) is 10.6. The van der Waals surface area contributed by atoms with E-state index in [2.05, 4.69) is 0 Å². The molecule has 0 fully saturated rings. The Balaban J connectivity index is 2.73. The lowest BCUT2D eigenvalue weighted by molar-refractivity contribution is 0.0717. The molecule has 0 aromatic heterocycles. The maximum atomic E-state index is 6.15. The second-order valence-electron chi connectivity index (χ2n) is 4.16. The number of halogens is 1. The number of hydrogen-bond acceptors (Lipinski definition) is 3. The fraction of sp³-hybridized carbons (Fsp3) is 0.538. The monoisotopic (exact) mass is 257 g/mol. The number of ether oxygens (including phenoxy) is 2. The molecule has 1 aromatic carbocycles. The van der Waals surface area contributed by atoms with Crippen LogP contribution < -0.4 is 10.5 Å². The third-order valence-corrected chi connectivity index (χ3v) is 2.57. The van der Waals surface area contributed by atoms with Gasteiger partial charge in [-0.1, -0.05) is 17.7 Å². The lowest BCUT2D eigenvalue weighted by Crippen LogP contribution is -2.11. The maximum Gasteiger partial charge on any atom is 0.138 e. The molecule has 0 amide bonds. The van der Waals surface area contributed by atoms with E-state index in [0.29, 0.717) is 23.9 Å². The summed E-state index contributed by atoms with van der Waals surface area (Å²) in [6.07, 6.45) is 0.105. The molecule has 0 saturated heterocycles. The highest BCUT2D eigenvalue weighted by Gasteiger charge is 2.10. The van der Waals surface area contributed by atoms with Crippen LogP contribution in [0.2, 0.25) is 5.02 Å². The van der Waals surface area contributed by atoms with Crippen molar-refractivity contribution in [2.75, 3.05) is 13.2 Å².